The molecule has 2 fully saturated rings. The lowest BCUT2D eigenvalue weighted by Crippen LogP contribution is -2.46. The molecular weight excluding hydrogens is 376 g/mol. The summed E-state index contributed by atoms with van der Waals surface area (Å²) in [5.74, 6) is 1.14. The van der Waals surface area contributed by atoms with Gasteiger partial charge in [-0.25, -0.2) is 4.98 Å². The topological polar surface area (TPSA) is 84.3 Å². The van der Waals surface area contributed by atoms with E-state index in [0.29, 0.717) is 5.56 Å². The van der Waals surface area contributed by atoms with Crippen LogP contribution in [0.25, 0.3) is 0 Å². The molecule has 0 spiro atoms. The predicted octanol–water partition coefficient (Wildman–Crippen LogP) is 2.27. The number of rotatable bonds is 3. The number of piperazine rings is 1. The maximum absolute atomic E-state index is 12.5. The van der Waals surface area contributed by atoms with Gasteiger partial charge in [-0.05, 0) is 48.7 Å². The zero-order valence-electron chi connectivity index (χ0n) is 17.0. The van der Waals surface area contributed by atoms with E-state index in [1.54, 1.807) is 6.20 Å². The molecule has 0 aliphatic carbocycles. The highest BCUT2D eigenvalue weighted by atomic mass is 16.2. The second-order valence-corrected chi connectivity index (χ2v) is 8.37. The summed E-state index contributed by atoms with van der Waals surface area (Å²) in [6.45, 7) is 5.59. The fraction of sp³-hybridized carbons (Fsp3) is 0.435. The van der Waals surface area contributed by atoms with Gasteiger partial charge in [0, 0.05) is 50.6 Å². The predicted molar refractivity (Wildman–Crippen MR) is 115 cm³/mol. The van der Waals surface area contributed by atoms with Crippen molar-refractivity contribution < 1.29 is 4.79 Å². The van der Waals surface area contributed by atoms with Crippen molar-refractivity contribution in [2.75, 3.05) is 42.9 Å². The summed E-state index contributed by atoms with van der Waals surface area (Å²) >= 11 is 0. The van der Waals surface area contributed by atoms with Crippen LogP contribution in [0.15, 0.2) is 36.5 Å². The summed E-state index contributed by atoms with van der Waals surface area (Å²) in [6.07, 6.45) is 3.66. The van der Waals surface area contributed by atoms with Gasteiger partial charge in [0.15, 0.2) is 0 Å². The molecule has 2 unspecified atom stereocenters. The molecule has 1 aromatic heterocycles. The molecule has 1 aromatic carbocycles. The number of aromatic nitrogens is 1. The number of nitrogens with zero attached hydrogens (tertiary/aromatic N) is 4. The normalized spacial score (nSPS) is 23.8. The number of carbonyl (C=O) groups excluding carboxylic acids is 1. The van der Waals surface area contributed by atoms with Crippen molar-refractivity contribution in [1.82, 2.24) is 15.2 Å². The van der Waals surface area contributed by atoms with Crippen molar-refractivity contribution >= 4 is 17.4 Å². The van der Waals surface area contributed by atoms with Gasteiger partial charge in [0.25, 0.3) is 0 Å². The number of benzene rings is 1. The van der Waals surface area contributed by atoms with Crippen LogP contribution >= 0.6 is 0 Å². The zero-order chi connectivity index (χ0) is 20.5. The Kier molecular flexibility index (Phi) is 5.11. The van der Waals surface area contributed by atoms with E-state index in [4.69, 9.17) is 5.26 Å². The first-order valence-corrected chi connectivity index (χ1v) is 10.7. The quantitative estimate of drug-likeness (QED) is 0.819. The molecule has 0 bridgehead atoms. The van der Waals surface area contributed by atoms with Crippen LogP contribution in [-0.2, 0) is 11.3 Å². The van der Waals surface area contributed by atoms with Crippen molar-refractivity contribution in [1.29, 1.82) is 5.26 Å². The van der Waals surface area contributed by atoms with Crippen LogP contribution in [-0.4, -0.2) is 48.5 Å². The molecule has 2 atom stereocenters. The van der Waals surface area contributed by atoms with Gasteiger partial charge >= 0.3 is 0 Å². The second kappa shape index (κ2) is 8.05. The third-order valence-electron chi connectivity index (χ3n) is 6.49. The number of piperidine rings is 1. The molecule has 7 heteroatoms. The van der Waals surface area contributed by atoms with Crippen molar-refractivity contribution in [3.05, 3.63) is 53.2 Å². The van der Waals surface area contributed by atoms with Crippen LogP contribution in [0.2, 0.25) is 0 Å². The highest BCUT2D eigenvalue weighted by molar-refractivity contribution is 5.96. The molecule has 154 valence electrons. The monoisotopic (exact) mass is 402 g/mol. The maximum Gasteiger partial charge on any atom is 0.229 e. The molecule has 0 saturated carbocycles. The van der Waals surface area contributed by atoms with Gasteiger partial charge in [0.2, 0.25) is 5.91 Å². The molecule has 5 rings (SSSR count). The van der Waals surface area contributed by atoms with Gasteiger partial charge < -0.3 is 15.5 Å². The first-order valence-electron chi connectivity index (χ1n) is 10.7. The number of amides is 1. The van der Waals surface area contributed by atoms with Gasteiger partial charge in [0.1, 0.15) is 11.9 Å². The molecule has 4 heterocycles. The minimum absolute atomic E-state index is 0.0565. The first kappa shape index (κ1) is 19.0. The summed E-state index contributed by atoms with van der Waals surface area (Å²) in [6, 6.07) is 12.6. The van der Waals surface area contributed by atoms with E-state index in [1.807, 2.05) is 12.1 Å². The fourth-order valence-corrected chi connectivity index (χ4v) is 4.84. The van der Waals surface area contributed by atoms with Crippen LogP contribution in [0.5, 0.6) is 0 Å². The number of hydrogen-bond acceptors (Lipinski definition) is 6. The third-order valence-corrected chi connectivity index (χ3v) is 6.49. The summed E-state index contributed by atoms with van der Waals surface area (Å²) < 4.78 is 0. The van der Waals surface area contributed by atoms with E-state index in [0.717, 1.165) is 63.6 Å². The van der Waals surface area contributed by atoms with E-state index in [1.165, 1.54) is 11.1 Å². The Bertz CT molecular complexity index is 974. The van der Waals surface area contributed by atoms with Gasteiger partial charge in [0.05, 0.1) is 11.5 Å². The number of carbonyl (C=O) groups is 1. The summed E-state index contributed by atoms with van der Waals surface area (Å²) in [5, 5.41) is 15.6. The number of pyridine rings is 1. The van der Waals surface area contributed by atoms with E-state index in [2.05, 4.69) is 49.7 Å². The molecule has 2 saturated heterocycles. The van der Waals surface area contributed by atoms with E-state index in [-0.39, 0.29) is 17.9 Å². The number of nitrogens with one attached hydrogen (secondary N) is 2. The Hall–Kier alpha value is -2.95. The third kappa shape index (κ3) is 3.64. The van der Waals surface area contributed by atoms with Crippen molar-refractivity contribution in [3.8, 4) is 6.07 Å². The van der Waals surface area contributed by atoms with E-state index >= 15 is 0 Å². The lowest BCUT2D eigenvalue weighted by Gasteiger charge is -2.38. The summed E-state index contributed by atoms with van der Waals surface area (Å²) in [7, 11) is 0. The largest absolute Gasteiger partial charge is 0.354 e. The average Bonchev–Trinajstić information content (AvgIpc) is 2.80. The Labute approximate surface area is 176 Å². The van der Waals surface area contributed by atoms with Crippen LogP contribution in [0.3, 0.4) is 0 Å². The molecule has 0 radical (unpaired) electrons. The number of fused-ring (bicyclic) bond motifs is 3. The Morgan fingerprint density at radius 2 is 2.03 bits per heavy atom. The van der Waals surface area contributed by atoms with Crippen LogP contribution in [0.4, 0.5) is 11.5 Å². The zero-order valence-corrected chi connectivity index (χ0v) is 17.0. The Balaban J connectivity index is 1.23. The SMILES string of the molecule is N#Cc1ccc(N2CCN(Cc3ccc4c(c3)NC(=O)C3CCCNC43)CC2)nc1. The lowest BCUT2D eigenvalue weighted by molar-refractivity contribution is -0.122. The van der Waals surface area contributed by atoms with E-state index in [9.17, 15) is 4.79 Å². The maximum atomic E-state index is 12.5. The minimum Gasteiger partial charge on any atom is -0.354 e. The van der Waals surface area contributed by atoms with Crippen LogP contribution < -0.4 is 15.5 Å². The van der Waals surface area contributed by atoms with Crippen molar-refractivity contribution in [2.45, 2.75) is 25.4 Å². The summed E-state index contributed by atoms with van der Waals surface area (Å²) in [4.78, 5) is 21.6. The van der Waals surface area contributed by atoms with Gasteiger partial charge in [-0.15, -0.1) is 0 Å². The second-order valence-electron chi connectivity index (χ2n) is 8.37. The number of anilines is 2. The van der Waals surface area contributed by atoms with Crippen molar-refractivity contribution in [3.63, 3.8) is 0 Å². The molecule has 3 aliphatic rings. The van der Waals surface area contributed by atoms with Gasteiger partial charge in [-0.2, -0.15) is 5.26 Å². The minimum atomic E-state index is 0.0565. The molecule has 3 aliphatic heterocycles. The number of nitriles is 1. The standard InChI is InChI=1S/C23H26N6O/c24-13-17-4-6-21(26-14-17)29-10-8-28(9-11-29)15-16-3-5-18-20(12-16)27-23(30)19-2-1-7-25-22(18)19/h3-6,12,14,19,22,25H,1-2,7-11,15H2,(H,27,30). The smallest absolute Gasteiger partial charge is 0.229 e. The van der Waals surface area contributed by atoms with Gasteiger partial charge in [-0.3, -0.25) is 9.69 Å². The van der Waals surface area contributed by atoms with E-state index < -0.39 is 0 Å². The highest BCUT2D eigenvalue weighted by Gasteiger charge is 2.37. The Morgan fingerprint density at radius 1 is 1.17 bits per heavy atom. The lowest BCUT2D eigenvalue weighted by atomic mass is 9.82. The molecule has 1 amide bonds. The van der Waals surface area contributed by atoms with Crippen molar-refractivity contribution in [2.24, 2.45) is 5.92 Å². The summed E-state index contributed by atoms with van der Waals surface area (Å²) in [5.41, 5.74) is 4.01. The van der Waals surface area contributed by atoms with Crippen LogP contribution in [0.1, 0.15) is 35.6 Å². The molecule has 2 aromatic rings. The number of hydrogen-bond donors (Lipinski definition) is 2. The molecular formula is C23H26N6O. The average molecular weight is 403 g/mol. The Morgan fingerprint density at radius 3 is 2.80 bits per heavy atom. The molecule has 7 nitrogen and oxygen atoms in total. The highest BCUT2D eigenvalue weighted by Crippen LogP contribution is 2.38. The fourth-order valence-electron chi connectivity index (χ4n) is 4.84. The first-order chi connectivity index (χ1) is 14.7. The molecule has 2 N–H and O–H groups in total. The van der Waals surface area contributed by atoms with Gasteiger partial charge in [-0.1, -0.05) is 12.1 Å². The molecule has 30 heavy (non-hydrogen) atoms. The van der Waals surface area contributed by atoms with Crippen LogP contribution in [0, 0.1) is 17.2 Å².